The SMILES string of the molecule is CCN(CC1CCC1)C(=O)Cc1ccc(C(N)=S)cc1. The topological polar surface area (TPSA) is 46.3 Å². The van der Waals surface area contributed by atoms with Crippen molar-refractivity contribution in [2.75, 3.05) is 13.1 Å². The maximum atomic E-state index is 12.3. The highest BCUT2D eigenvalue weighted by atomic mass is 32.1. The van der Waals surface area contributed by atoms with Crippen LogP contribution in [0.1, 0.15) is 37.3 Å². The average molecular weight is 290 g/mol. The van der Waals surface area contributed by atoms with E-state index in [2.05, 4.69) is 0 Å². The molecule has 0 aromatic heterocycles. The van der Waals surface area contributed by atoms with Gasteiger partial charge >= 0.3 is 0 Å². The van der Waals surface area contributed by atoms with E-state index in [1.54, 1.807) is 0 Å². The van der Waals surface area contributed by atoms with Gasteiger partial charge in [0.15, 0.2) is 0 Å². The molecule has 0 radical (unpaired) electrons. The molecule has 1 aliphatic rings. The van der Waals surface area contributed by atoms with Crippen LogP contribution in [0.15, 0.2) is 24.3 Å². The van der Waals surface area contributed by atoms with Crippen molar-refractivity contribution in [1.29, 1.82) is 0 Å². The van der Waals surface area contributed by atoms with Gasteiger partial charge < -0.3 is 10.6 Å². The molecule has 4 heteroatoms. The van der Waals surface area contributed by atoms with Crippen LogP contribution in [0.25, 0.3) is 0 Å². The first kappa shape index (κ1) is 15.0. The molecule has 20 heavy (non-hydrogen) atoms. The zero-order valence-electron chi connectivity index (χ0n) is 12.0. The molecule has 0 unspecified atom stereocenters. The molecule has 1 saturated carbocycles. The summed E-state index contributed by atoms with van der Waals surface area (Å²) in [4.78, 5) is 14.7. The molecule has 1 aromatic rings. The summed E-state index contributed by atoms with van der Waals surface area (Å²) in [5, 5.41) is 0. The van der Waals surface area contributed by atoms with Crippen molar-refractivity contribution in [3.8, 4) is 0 Å². The third-order valence-corrected chi connectivity index (χ3v) is 4.27. The molecular weight excluding hydrogens is 268 g/mol. The van der Waals surface area contributed by atoms with Gasteiger partial charge in [0.1, 0.15) is 4.99 Å². The van der Waals surface area contributed by atoms with Gasteiger partial charge in [-0.1, -0.05) is 42.9 Å². The quantitative estimate of drug-likeness (QED) is 0.819. The van der Waals surface area contributed by atoms with Gasteiger partial charge in [-0.2, -0.15) is 0 Å². The van der Waals surface area contributed by atoms with Gasteiger partial charge in [-0.05, 0) is 31.2 Å². The van der Waals surface area contributed by atoms with Crippen molar-refractivity contribution in [2.24, 2.45) is 11.7 Å². The van der Waals surface area contributed by atoms with Gasteiger partial charge in [-0.25, -0.2) is 0 Å². The summed E-state index contributed by atoms with van der Waals surface area (Å²) in [7, 11) is 0. The highest BCUT2D eigenvalue weighted by Gasteiger charge is 2.22. The van der Waals surface area contributed by atoms with Crippen molar-refractivity contribution in [1.82, 2.24) is 4.90 Å². The Hall–Kier alpha value is -1.42. The van der Waals surface area contributed by atoms with Gasteiger partial charge in [0.25, 0.3) is 0 Å². The number of carbonyl (C=O) groups is 1. The fraction of sp³-hybridized carbons (Fsp3) is 0.500. The summed E-state index contributed by atoms with van der Waals surface area (Å²) in [6.07, 6.45) is 4.31. The predicted octanol–water partition coefficient (Wildman–Crippen LogP) is 2.51. The predicted molar refractivity (Wildman–Crippen MR) is 85.6 cm³/mol. The van der Waals surface area contributed by atoms with Crippen molar-refractivity contribution in [3.05, 3.63) is 35.4 Å². The molecule has 1 fully saturated rings. The van der Waals surface area contributed by atoms with Crippen molar-refractivity contribution >= 4 is 23.1 Å². The number of nitrogens with two attached hydrogens (primary N) is 1. The number of hydrogen-bond acceptors (Lipinski definition) is 2. The Bertz CT molecular complexity index is 480. The van der Waals surface area contributed by atoms with Gasteiger partial charge in [0.2, 0.25) is 5.91 Å². The number of nitrogens with zero attached hydrogens (tertiary/aromatic N) is 1. The van der Waals surface area contributed by atoms with Gasteiger partial charge in [-0.3, -0.25) is 4.79 Å². The van der Waals surface area contributed by atoms with Crippen LogP contribution >= 0.6 is 12.2 Å². The van der Waals surface area contributed by atoms with Crippen LogP contribution in [-0.2, 0) is 11.2 Å². The molecule has 3 nitrogen and oxygen atoms in total. The van der Waals surface area contributed by atoms with E-state index in [0.29, 0.717) is 11.4 Å². The van der Waals surface area contributed by atoms with Crippen LogP contribution in [0.2, 0.25) is 0 Å². The summed E-state index contributed by atoms with van der Waals surface area (Å²) in [5.74, 6) is 0.929. The highest BCUT2D eigenvalue weighted by Crippen LogP contribution is 2.27. The molecule has 108 valence electrons. The van der Waals surface area contributed by atoms with E-state index >= 15 is 0 Å². The molecule has 0 atom stereocenters. The minimum absolute atomic E-state index is 0.211. The lowest BCUT2D eigenvalue weighted by Crippen LogP contribution is -2.38. The van der Waals surface area contributed by atoms with Crippen LogP contribution in [0.5, 0.6) is 0 Å². The van der Waals surface area contributed by atoms with E-state index in [0.717, 1.165) is 30.1 Å². The molecule has 2 rings (SSSR count). The largest absolute Gasteiger partial charge is 0.389 e. The minimum Gasteiger partial charge on any atom is -0.389 e. The van der Waals surface area contributed by atoms with Gasteiger partial charge in [0, 0.05) is 18.7 Å². The van der Waals surface area contributed by atoms with Crippen molar-refractivity contribution in [2.45, 2.75) is 32.6 Å². The standard InChI is InChI=1S/C16H22N2OS/c1-2-18(11-13-4-3-5-13)15(19)10-12-6-8-14(9-7-12)16(17)20/h6-9,13H,2-5,10-11H2,1H3,(H2,17,20). The van der Waals surface area contributed by atoms with Crippen LogP contribution in [0, 0.1) is 5.92 Å². The molecular formula is C16H22N2OS. The van der Waals surface area contributed by atoms with Crippen LogP contribution in [0.3, 0.4) is 0 Å². The first-order valence-electron chi connectivity index (χ1n) is 7.26. The summed E-state index contributed by atoms with van der Waals surface area (Å²) in [6, 6.07) is 7.63. The normalized spacial score (nSPS) is 14.7. The second-order valence-corrected chi connectivity index (χ2v) is 5.91. The van der Waals surface area contributed by atoms with E-state index in [9.17, 15) is 4.79 Å². The molecule has 0 saturated heterocycles. The maximum absolute atomic E-state index is 12.3. The van der Waals surface area contributed by atoms with E-state index in [1.165, 1.54) is 19.3 Å². The minimum atomic E-state index is 0.211. The number of rotatable bonds is 6. The van der Waals surface area contributed by atoms with Crippen LogP contribution in [-0.4, -0.2) is 28.9 Å². The van der Waals surface area contributed by atoms with Crippen LogP contribution < -0.4 is 5.73 Å². The maximum Gasteiger partial charge on any atom is 0.226 e. The molecule has 0 heterocycles. The zero-order chi connectivity index (χ0) is 14.5. The first-order valence-corrected chi connectivity index (χ1v) is 7.67. The van der Waals surface area contributed by atoms with Crippen molar-refractivity contribution in [3.63, 3.8) is 0 Å². The smallest absolute Gasteiger partial charge is 0.226 e. The Morgan fingerprint density at radius 2 is 2.00 bits per heavy atom. The lowest BCUT2D eigenvalue weighted by Gasteiger charge is -2.31. The molecule has 0 bridgehead atoms. The number of benzene rings is 1. The second-order valence-electron chi connectivity index (χ2n) is 5.47. The third-order valence-electron chi connectivity index (χ3n) is 4.03. The average Bonchev–Trinajstić information content (AvgIpc) is 2.38. The molecule has 1 amide bonds. The zero-order valence-corrected chi connectivity index (χ0v) is 12.8. The lowest BCUT2D eigenvalue weighted by atomic mass is 9.85. The Kier molecular flexibility index (Phi) is 5.12. The Labute approximate surface area is 126 Å². The third kappa shape index (κ3) is 3.79. The molecule has 2 N–H and O–H groups in total. The lowest BCUT2D eigenvalue weighted by molar-refractivity contribution is -0.131. The number of amides is 1. The summed E-state index contributed by atoms with van der Waals surface area (Å²) < 4.78 is 0. The van der Waals surface area contributed by atoms with E-state index < -0.39 is 0 Å². The number of likely N-dealkylation sites (N-methyl/N-ethyl adjacent to an activating group) is 1. The second kappa shape index (κ2) is 6.84. The first-order chi connectivity index (χ1) is 9.60. The summed E-state index contributed by atoms with van der Waals surface area (Å²) in [5.41, 5.74) is 7.43. The van der Waals surface area contributed by atoms with Crippen LogP contribution in [0.4, 0.5) is 0 Å². The number of hydrogen-bond donors (Lipinski definition) is 1. The number of carbonyl (C=O) groups excluding carboxylic acids is 1. The van der Waals surface area contributed by atoms with Gasteiger partial charge in [-0.15, -0.1) is 0 Å². The fourth-order valence-corrected chi connectivity index (χ4v) is 2.60. The summed E-state index contributed by atoms with van der Waals surface area (Å²) >= 11 is 4.92. The monoisotopic (exact) mass is 290 g/mol. The Morgan fingerprint density at radius 1 is 1.35 bits per heavy atom. The molecule has 0 aliphatic heterocycles. The molecule has 0 spiro atoms. The van der Waals surface area contributed by atoms with Gasteiger partial charge in [0.05, 0.1) is 6.42 Å². The molecule has 1 aliphatic carbocycles. The fourth-order valence-electron chi connectivity index (χ4n) is 2.47. The highest BCUT2D eigenvalue weighted by molar-refractivity contribution is 7.80. The summed E-state index contributed by atoms with van der Waals surface area (Å²) in [6.45, 7) is 3.76. The Morgan fingerprint density at radius 3 is 2.45 bits per heavy atom. The van der Waals surface area contributed by atoms with E-state index in [-0.39, 0.29) is 5.91 Å². The van der Waals surface area contributed by atoms with E-state index in [4.69, 9.17) is 18.0 Å². The van der Waals surface area contributed by atoms with Crippen molar-refractivity contribution < 1.29 is 4.79 Å². The Balaban J connectivity index is 1.92. The number of thiocarbonyl (C=S) groups is 1. The van der Waals surface area contributed by atoms with E-state index in [1.807, 2.05) is 36.1 Å². The molecule has 1 aromatic carbocycles.